The van der Waals surface area contributed by atoms with Crippen LogP contribution in [0, 0.1) is 0 Å². The molecule has 0 atom stereocenters. The minimum absolute atomic E-state index is 0.351. The van der Waals surface area contributed by atoms with Crippen LogP contribution >= 0.6 is 11.5 Å². The van der Waals surface area contributed by atoms with Gasteiger partial charge in [-0.1, -0.05) is 6.07 Å². The highest BCUT2D eigenvalue weighted by atomic mass is 32.1. The fourth-order valence-corrected chi connectivity index (χ4v) is 1.57. The van der Waals surface area contributed by atoms with Crippen molar-refractivity contribution in [3.05, 3.63) is 30.6 Å². The van der Waals surface area contributed by atoms with E-state index in [1.54, 1.807) is 24.3 Å². The largest absolute Gasteiger partial charge is 0.707 e. The van der Waals surface area contributed by atoms with Crippen molar-refractivity contribution >= 4 is 29.7 Å². The minimum Gasteiger partial charge on any atom is -0.512 e. The Labute approximate surface area is 95.9 Å². The molecule has 0 aliphatic rings. The SMILES string of the molecule is OB(O)Oc1cccc(Nc2ncns2)c1. The van der Waals surface area contributed by atoms with Crippen LogP contribution < -0.4 is 9.97 Å². The normalized spacial score (nSPS) is 9.88. The van der Waals surface area contributed by atoms with Gasteiger partial charge in [0.2, 0.25) is 5.13 Å². The lowest BCUT2D eigenvalue weighted by molar-refractivity contribution is 0.288. The van der Waals surface area contributed by atoms with Crippen LogP contribution in [0.1, 0.15) is 0 Å². The molecule has 82 valence electrons. The summed E-state index contributed by atoms with van der Waals surface area (Å²) in [7, 11) is -1.82. The molecule has 0 unspecified atom stereocenters. The van der Waals surface area contributed by atoms with Gasteiger partial charge in [0, 0.05) is 23.3 Å². The first kappa shape index (κ1) is 10.9. The lowest BCUT2D eigenvalue weighted by Gasteiger charge is -2.07. The van der Waals surface area contributed by atoms with Gasteiger partial charge in [0.25, 0.3) is 0 Å². The first-order chi connectivity index (χ1) is 7.74. The number of nitrogens with one attached hydrogen (secondary N) is 1. The predicted molar refractivity (Wildman–Crippen MR) is 60.5 cm³/mol. The second-order valence-electron chi connectivity index (χ2n) is 2.84. The van der Waals surface area contributed by atoms with E-state index in [4.69, 9.17) is 14.7 Å². The van der Waals surface area contributed by atoms with Gasteiger partial charge in [0.1, 0.15) is 12.1 Å². The Balaban J connectivity index is 2.10. The molecule has 1 aromatic heterocycles. The third-order valence-electron chi connectivity index (χ3n) is 1.69. The third kappa shape index (κ3) is 2.93. The van der Waals surface area contributed by atoms with Crippen LogP contribution in [-0.4, -0.2) is 26.7 Å². The van der Waals surface area contributed by atoms with Gasteiger partial charge in [-0.2, -0.15) is 4.37 Å². The van der Waals surface area contributed by atoms with Crippen molar-refractivity contribution in [1.82, 2.24) is 9.36 Å². The van der Waals surface area contributed by atoms with Crippen LogP contribution in [0.25, 0.3) is 0 Å². The third-order valence-corrected chi connectivity index (χ3v) is 2.27. The second kappa shape index (κ2) is 4.93. The molecule has 0 bridgehead atoms. The summed E-state index contributed by atoms with van der Waals surface area (Å²) in [5, 5.41) is 20.9. The van der Waals surface area contributed by atoms with Crippen molar-refractivity contribution in [1.29, 1.82) is 0 Å². The molecule has 0 aliphatic heterocycles. The molecule has 3 N–H and O–H groups in total. The molecular weight excluding hydrogens is 229 g/mol. The Bertz CT molecular complexity index is 452. The zero-order chi connectivity index (χ0) is 11.4. The Morgan fingerprint density at radius 1 is 1.38 bits per heavy atom. The Hall–Kier alpha value is -1.64. The molecular formula is C8H8BN3O3S. The summed E-state index contributed by atoms with van der Waals surface area (Å²) in [5.74, 6) is 0.351. The van der Waals surface area contributed by atoms with Crippen LogP contribution in [0.4, 0.5) is 10.8 Å². The Morgan fingerprint density at radius 3 is 2.94 bits per heavy atom. The topological polar surface area (TPSA) is 87.5 Å². The van der Waals surface area contributed by atoms with Crippen molar-refractivity contribution in [2.75, 3.05) is 5.32 Å². The predicted octanol–water partition coefficient (Wildman–Crippen LogP) is 0.630. The zero-order valence-corrected chi connectivity index (χ0v) is 8.89. The molecule has 0 radical (unpaired) electrons. The van der Waals surface area contributed by atoms with Gasteiger partial charge >= 0.3 is 7.32 Å². The van der Waals surface area contributed by atoms with E-state index >= 15 is 0 Å². The quantitative estimate of drug-likeness (QED) is 0.676. The first-order valence-electron chi connectivity index (χ1n) is 4.40. The number of benzene rings is 1. The summed E-state index contributed by atoms with van der Waals surface area (Å²) in [6.45, 7) is 0. The monoisotopic (exact) mass is 237 g/mol. The number of aromatic nitrogens is 2. The van der Waals surface area contributed by atoms with Gasteiger partial charge in [-0.25, -0.2) is 4.98 Å². The Morgan fingerprint density at radius 2 is 2.25 bits per heavy atom. The summed E-state index contributed by atoms with van der Waals surface area (Å²) in [4.78, 5) is 3.96. The van der Waals surface area contributed by atoms with Gasteiger partial charge in [-0.15, -0.1) is 0 Å². The smallest absolute Gasteiger partial charge is 0.512 e. The van der Waals surface area contributed by atoms with E-state index in [0.717, 1.165) is 5.69 Å². The zero-order valence-electron chi connectivity index (χ0n) is 8.07. The highest BCUT2D eigenvalue weighted by Gasteiger charge is 2.11. The molecule has 0 fully saturated rings. The molecule has 1 heterocycles. The highest BCUT2D eigenvalue weighted by molar-refractivity contribution is 7.09. The number of hydrogen-bond donors (Lipinski definition) is 3. The second-order valence-corrected chi connectivity index (χ2v) is 3.62. The lowest BCUT2D eigenvalue weighted by Crippen LogP contribution is -2.20. The molecule has 0 saturated carbocycles. The minimum atomic E-state index is -1.82. The summed E-state index contributed by atoms with van der Waals surface area (Å²) < 4.78 is 8.56. The van der Waals surface area contributed by atoms with Gasteiger partial charge in [0.15, 0.2) is 0 Å². The number of anilines is 2. The van der Waals surface area contributed by atoms with E-state index in [2.05, 4.69) is 14.7 Å². The summed E-state index contributed by atoms with van der Waals surface area (Å²) in [6.07, 6.45) is 1.45. The van der Waals surface area contributed by atoms with Crippen LogP contribution in [-0.2, 0) is 0 Å². The van der Waals surface area contributed by atoms with Gasteiger partial charge in [0.05, 0.1) is 0 Å². The molecule has 0 spiro atoms. The fourth-order valence-electron chi connectivity index (χ4n) is 1.12. The van der Waals surface area contributed by atoms with Crippen molar-refractivity contribution < 1.29 is 14.7 Å². The average Bonchev–Trinajstić information content (AvgIpc) is 2.70. The molecule has 2 rings (SSSR count). The first-order valence-corrected chi connectivity index (χ1v) is 5.18. The molecule has 0 amide bonds. The summed E-state index contributed by atoms with van der Waals surface area (Å²) in [5.41, 5.74) is 0.731. The van der Waals surface area contributed by atoms with Crippen LogP contribution in [0.2, 0.25) is 0 Å². The van der Waals surface area contributed by atoms with E-state index in [9.17, 15) is 0 Å². The summed E-state index contributed by atoms with van der Waals surface area (Å²) in [6, 6.07) is 6.77. The number of nitrogens with zero attached hydrogens (tertiary/aromatic N) is 2. The van der Waals surface area contributed by atoms with Crippen molar-refractivity contribution in [2.45, 2.75) is 0 Å². The van der Waals surface area contributed by atoms with Gasteiger partial charge in [-0.05, 0) is 12.1 Å². The van der Waals surface area contributed by atoms with Gasteiger partial charge < -0.3 is 20.0 Å². The highest BCUT2D eigenvalue weighted by Crippen LogP contribution is 2.21. The maximum atomic E-state index is 8.65. The van der Waals surface area contributed by atoms with Crippen molar-refractivity contribution in [3.8, 4) is 5.75 Å². The average molecular weight is 237 g/mol. The molecule has 0 saturated heterocycles. The van der Waals surface area contributed by atoms with Gasteiger partial charge in [-0.3, -0.25) is 0 Å². The number of hydrogen-bond acceptors (Lipinski definition) is 7. The number of rotatable bonds is 4. The lowest BCUT2D eigenvalue weighted by atomic mass is 10.2. The van der Waals surface area contributed by atoms with Crippen molar-refractivity contribution in [3.63, 3.8) is 0 Å². The molecule has 16 heavy (non-hydrogen) atoms. The maximum Gasteiger partial charge on any atom is 0.707 e. The standard InChI is InChI=1S/C8H8BN3O3S/c13-9(14)15-7-3-1-2-6(4-7)12-8-10-5-11-16-8/h1-5,13-14H,(H,10,11,12). The molecule has 8 heteroatoms. The van der Waals surface area contributed by atoms with E-state index in [-0.39, 0.29) is 0 Å². The molecule has 6 nitrogen and oxygen atoms in total. The molecule has 0 aliphatic carbocycles. The summed E-state index contributed by atoms with van der Waals surface area (Å²) >= 11 is 1.23. The van der Waals surface area contributed by atoms with Crippen molar-refractivity contribution in [2.24, 2.45) is 0 Å². The maximum absolute atomic E-state index is 8.65. The van der Waals surface area contributed by atoms with E-state index in [1.807, 2.05) is 0 Å². The van der Waals surface area contributed by atoms with Crippen LogP contribution in [0.3, 0.4) is 0 Å². The van der Waals surface area contributed by atoms with E-state index < -0.39 is 7.32 Å². The fraction of sp³-hybridized carbons (Fsp3) is 0. The van der Waals surface area contributed by atoms with Crippen LogP contribution in [0.5, 0.6) is 5.75 Å². The molecule has 2 aromatic rings. The van der Waals surface area contributed by atoms with E-state index in [1.165, 1.54) is 17.9 Å². The molecule has 1 aromatic carbocycles. The van der Waals surface area contributed by atoms with Crippen LogP contribution in [0.15, 0.2) is 30.6 Å². The van der Waals surface area contributed by atoms with E-state index in [0.29, 0.717) is 10.9 Å². The Kier molecular flexibility index (Phi) is 3.35.